The molecular weight excluding hydrogens is 388 g/mol. The van der Waals surface area contributed by atoms with Crippen molar-refractivity contribution in [3.63, 3.8) is 0 Å². The van der Waals surface area contributed by atoms with Gasteiger partial charge in [-0.25, -0.2) is 0 Å². The van der Waals surface area contributed by atoms with Crippen molar-refractivity contribution in [3.8, 4) is 0 Å². The highest BCUT2D eigenvalue weighted by atomic mass is 79.9. The van der Waals surface area contributed by atoms with Crippen molar-refractivity contribution in [2.45, 2.75) is 13.5 Å². The van der Waals surface area contributed by atoms with Crippen LogP contribution in [0.2, 0.25) is 0 Å². The number of nitrogens with one attached hydrogen (secondary N) is 1. The second kappa shape index (κ2) is 6.37. The van der Waals surface area contributed by atoms with E-state index >= 15 is 0 Å². The van der Waals surface area contributed by atoms with Gasteiger partial charge in [0.25, 0.3) is 5.69 Å². The Hall–Kier alpha value is -1.40. The first-order valence-corrected chi connectivity index (χ1v) is 7.49. The van der Waals surface area contributed by atoms with Gasteiger partial charge in [-0.3, -0.25) is 10.1 Å². The molecule has 4 nitrogen and oxygen atoms in total. The van der Waals surface area contributed by atoms with Crippen molar-refractivity contribution < 1.29 is 4.92 Å². The minimum Gasteiger partial charge on any atom is -0.381 e. The van der Waals surface area contributed by atoms with Gasteiger partial charge >= 0.3 is 0 Å². The van der Waals surface area contributed by atoms with E-state index in [-0.39, 0.29) is 5.69 Å². The van der Waals surface area contributed by atoms with E-state index in [9.17, 15) is 10.1 Å². The smallest absolute Gasteiger partial charge is 0.270 e. The summed E-state index contributed by atoms with van der Waals surface area (Å²) in [4.78, 5) is 10.3. The zero-order valence-corrected chi connectivity index (χ0v) is 13.9. The second-order valence-electron chi connectivity index (χ2n) is 4.35. The molecule has 104 valence electrons. The third-order valence-electron chi connectivity index (χ3n) is 2.91. The Labute approximate surface area is 133 Å². The summed E-state index contributed by atoms with van der Waals surface area (Å²) in [6.07, 6.45) is 0. The van der Waals surface area contributed by atoms with Crippen LogP contribution < -0.4 is 5.32 Å². The van der Waals surface area contributed by atoms with Crippen LogP contribution in [-0.4, -0.2) is 4.92 Å². The number of rotatable bonds is 4. The number of non-ortho nitro benzene ring substituents is 1. The normalized spacial score (nSPS) is 10.3. The summed E-state index contributed by atoms with van der Waals surface area (Å²) in [6.45, 7) is 2.62. The molecule has 0 aliphatic rings. The van der Waals surface area contributed by atoms with Crippen molar-refractivity contribution in [2.75, 3.05) is 5.32 Å². The van der Waals surface area contributed by atoms with Crippen LogP contribution >= 0.6 is 31.9 Å². The minimum absolute atomic E-state index is 0.0837. The molecule has 0 radical (unpaired) electrons. The van der Waals surface area contributed by atoms with Crippen LogP contribution in [0.3, 0.4) is 0 Å². The van der Waals surface area contributed by atoms with E-state index in [1.807, 2.05) is 25.1 Å². The third kappa shape index (κ3) is 3.58. The summed E-state index contributed by atoms with van der Waals surface area (Å²) in [5, 5.41) is 14.0. The van der Waals surface area contributed by atoms with Crippen molar-refractivity contribution >= 4 is 43.2 Å². The summed E-state index contributed by atoms with van der Waals surface area (Å²) in [6, 6.07) is 10.8. The molecular formula is C14H12Br2N2O2. The number of nitro groups is 1. The van der Waals surface area contributed by atoms with Crippen LogP contribution in [0.5, 0.6) is 0 Å². The molecule has 20 heavy (non-hydrogen) atoms. The number of nitrogens with zero attached hydrogens (tertiary/aromatic N) is 1. The molecule has 0 unspecified atom stereocenters. The Bertz CT molecular complexity index is 660. The molecule has 0 bridgehead atoms. The SMILES string of the molecule is Cc1cc(Br)ccc1NCc1ccc([N+](=O)[O-])cc1Br. The molecule has 0 atom stereocenters. The number of nitro benzene ring substituents is 1. The molecule has 0 saturated carbocycles. The molecule has 0 amide bonds. The van der Waals surface area contributed by atoms with Crippen LogP contribution in [-0.2, 0) is 6.54 Å². The Morgan fingerprint density at radius 1 is 1.20 bits per heavy atom. The van der Waals surface area contributed by atoms with Crippen molar-refractivity contribution in [1.82, 2.24) is 0 Å². The zero-order valence-electron chi connectivity index (χ0n) is 10.7. The van der Waals surface area contributed by atoms with Crippen LogP contribution in [0.15, 0.2) is 45.3 Å². The Kier molecular flexibility index (Phi) is 4.77. The van der Waals surface area contributed by atoms with Gasteiger partial charge in [-0.2, -0.15) is 0 Å². The van der Waals surface area contributed by atoms with Crippen molar-refractivity contribution in [1.29, 1.82) is 0 Å². The lowest BCUT2D eigenvalue weighted by Crippen LogP contribution is -2.02. The molecule has 0 heterocycles. The van der Waals surface area contributed by atoms with Gasteiger partial charge in [-0.1, -0.05) is 31.9 Å². The van der Waals surface area contributed by atoms with Crippen molar-refractivity contribution in [3.05, 3.63) is 66.6 Å². The van der Waals surface area contributed by atoms with E-state index in [0.717, 1.165) is 25.8 Å². The fraction of sp³-hybridized carbons (Fsp3) is 0.143. The topological polar surface area (TPSA) is 55.2 Å². The maximum Gasteiger partial charge on any atom is 0.270 e. The number of halogens is 2. The first-order chi connectivity index (χ1) is 9.47. The minimum atomic E-state index is -0.402. The Morgan fingerprint density at radius 2 is 1.95 bits per heavy atom. The molecule has 0 saturated heterocycles. The summed E-state index contributed by atoms with van der Waals surface area (Å²) < 4.78 is 1.77. The average molecular weight is 400 g/mol. The highest BCUT2D eigenvalue weighted by Crippen LogP contribution is 2.25. The molecule has 0 aliphatic heterocycles. The van der Waals surface area contributed by atoms with E-state index in [4.69, 9.17) is 0 Å². The van der Waals surface area contributed by atoms with Gasteiger partial charge in [0.1, 0.15) is 0 Å². The number of aryl methyl sites for hydroxylation is 1. The molecule has 2 aromatic rings. The predicted molar refractivity (Wildman–Crippen MR) is 87.0 cm³/mol. The van der Waals surface area contributed by atoms with Gasteiger partial charge < -0.3 is 5.32 Å². The molecule has 2 aromatic carbocycles. The van der Waals surface area contributed by atoms with Crippen LogP contribution in [0.25, 0.3) is 0 Å². The average Bonchev–Trinajstić information content (AvgIpc) is 2.38. The van der Waals surface area contributed by atoms with Gasteiger partial charge in [0, 0.05) is 33.3 Å². The van der Waals surface area contributed by atoms with Gasteiger partial charge in [0.2, 0.25) is 0 Å². The Balaban J connectivity index is 2.13. The zero-order chi connectivity index (χ0) is 14.7. The lowest BCUT2D eigenvalue weighted by Gasteiger charge is -2.11. The van der Waals surface area contributed by atoms with E-state index < -0.39 is 4.92 Å². The summed E-state index contributed by atoms with van der Waals surface area (Å²) >= 11 is 6.79. The highest BCUT2D eigenvalue weighted by molar-refractivity contribution is 9.10. The van der Waals surface area contributed by atoms with Gasteiger partial charge in [-0.05, 0) is 42.3 Å². The molecule has 1 N–H and O–H groups in total. The fourth-order valence-electron chi connectivity index (χ4n) is 1.81. The van der Waals surface area contributed by atoms with Gasteiger partial charge in [0.05, 0.1) is 4.92 Å². The van der Waals surface area contributed by atoms with Crippen molar-refractivity contribution in [2.24, 2.45) is 0 Å². The van der Waals surface area contributed by atoms with Crippen LogP contribution in [0, 0.1) is 17.0 Å². The summed E-state index contributed by atoms with van der Waals surface area (Å²) in [5.74, 6) is 0. The number of hydrogen-bond donors (Lipinski definition) is 1. The maximum atomic E-state index is 10.7. The first kappa shape index (κ1) is 15.0. The fourth-order valence-corrected chi connectivity index (χ4v) is 2.79. The van der Waals surface area contributed by atoms with Crippen LogP contribution in [0.4, 0.5) is 11.4 Å². The Morgan fingerprint density at radius 3 is 2.55 bits per heavy atom. The molecule has 0 spiro atoms. The largest absolute Gasteiger partial charge is 0.381 e. The monoisotopic (exact) mass is 398 g/mol. The standard InChI is InChI=1S/C14H12Br2N2O2/c1-9-6-11(15)3-5-14(9)17-8-10-2-4-12(18(19)20)7-13(10)16/h2-7,17H,8H2,1H3. The molecule has 0 aromatic heterocycles. The van der Waals surface area contributed by atoms with E-state index in [2.05, 4.69) is 37.2 Å². The molecule has 6 heteroatoms. The van der Waals surface area contributed by atoms with Crippen LogP contribution in [0.1, 0.15) is 11.1 Å². The summed E-state index contributed by atoms with van der Waals surface area (Å²) in [5.41, 5.74) is 3.23. The number of hydrogen-bond acceptors (Lipinski definition) is 3. The predicted octanol–water partition coefficient (Wildman–Crippen LogP) is 5.04. The first-order valence-electron chi connectivity index (χ1n) is 5.90. The van der Waals surface area contributed by atoms with E-state index in [1.165, 1.54) is 12.1 Å². The third-order valence-corrected chi connectivity index (χ3v) is 4.14. The van der Waals surface area contributed by atoms with Gasteiger partial charge in [-0.15, -0.1) is 0 Å². The van der Waals surface area contributed by atoms with E-state index in [1.54, 1.807) is 6.07 Å². The summed E-state index contributed by atoms with van der Waals surface area (Å²) in [7, 11) is 0. The van der Waals surface area contributed by atoms with Gasteiger partial charge in [0.15, 0.2) is 0 Å². The lowest BCUT2D eigenvalue weighted by atomic mass is 10.1. The maximum absolute atomic E-state index is 10.7. The molecule has 0 aliphatic carbocycles. The lowest BCUT2D eigenvalue weighted by molar-refractivity contribution is -0.384. The highest BCUT2D eigenvalue weighted by Gasteiger charge is 2.09. The second-order valence-corrected chi connectivity index (χ2v) is 6.12. The number of benzene rings is 2. The quantitative estimate of drug-likeness (QED) is 0.578. The molecule has 0 fully saturated rings. The van der Waals surface area contributed by atoms with E-state index in [0.29, 0.717) is 6.54 Å². The molecule has 2 rings (SSSR count). The number of anilines is 1.